The number of carbonyl (C=O) groups excluding carboxylic acids is 2. The second-order valence-electron chi connectivity index (χ2n) is 6.67. The fraction of sp³-hybridized carbons (Fsp3) is 0.0417. The van der Waals surface area contributed by atoms with E-state index in [1.165, 1.54) is 36.0 Å². The number of carbonyl (C=O) groups is 2. The average Bonchev–Trinajstić information content (AvgIpc) is 2.79. The van der Waals surface area contributed by atoms with Crippen LogP contribution in [0.25, 0.3) is 10.9 Å². The molecule has 154 valence electrons. The number of fused-ring (bicyclic) bond motifs is 1. The lowest BCUT2D eigenvalue weighted by atomic mass is 10.1. The third-order valence-electron chi connectivity index (χ3n) is 4.52. The molecule has 0 aliphatic rings. The minimum absolute atomic E-state index is 0.182. The summed E-state index contributed by atoms with van der Waals surface area (Å²) in [5.74, 6) is -0.824. The van der Waals surface area contributed by atoms with Crippen molar-refractivity contribution < 1.29 is 14.0 Å². The molecule has 0 radical (unpaired) electrons. The largest absolute Gasteiger partial charge is 0.325 e. The fourth-order valence-corrected chi connectivity index (χ4v) is 3.89. The summed E-state index contributed by atoms with van der Waals surface area (Å²) in [6, 6.07) is 21.9. The van der Waals surface area contributed by atoms with Gasteiger partial charge in [0.15, 0.2) is 0 Å². The molecule has 4 aromatic rings. The molecule has 1 aromatic heterocycles. The molecule has 4 rings (SSSR count). The van der Waals surface area contributed by atoms with Crippen molar-refractivity contribution in [3.63, 3.8) is 0 Å². The number of amides is 2. The zero-order chi connectivity index (χ0) is 21.6. The van der Waals surface area contributed by atoms with Gasteiger partial charge in [-0.25, -0.2) is 4.39 Å². The van der Waals surface area contributed by atoms with Gasteiger partial charge in [0.1, 0.15) is 5.82 Å². The van der Waals surface area contributed by atoms with Gasteiger partial charge in [0, 0.05) is 22.2 Å². The number of nitrogens with zero attached hydrogens (tertiary/aromatic N) is 1. The zero-order valence-electron chi connectivity index (χ0n) is 16.3. The van der Waals surface area contributed by atoms with Crippen LogP contribution in [0.5, 0.6) is 0 Å². The number of aromatic nitrogens is 1. The van der Waals surface area contributed by atoms with E-state index >= 15 is 0 Å². The highest BCUT2D eigenvalue weighted by Crippen LogP contribution is 2.27. The zero-order valence-corrected chi connectivity index (χ0v) is 17.2. The van der Waals surface area contributed by atoms with Gasteiger partial charge >= 0.3 is 0 Å². The SMILES string of the molecule is O=C(CSc1ccnc2ccccc12)Nc1ccccc1C(=O)Nc1ccc(F)cc1. The van der Waals surface area contributed by atoms with Gasteiger partial charge in [0.2, 0.25) is 5.91 Å². The first-order valence-corrected chi connectivity index (χ1v) is 10.5. The Morgan fingerprint density at radius 3 is 2.45 bits per heavy atom. The first-order valence-electron chi connectivity index (χ1n) is 9.52. The predicted octanol–water partition coefficient (Wildman–Crippen LogP) is 5.36. The van der Waals surface area contributed by atoms with Crippen LogP contribution < -0.4 is 10.6 Å². The van der Waals surface area contributed by atoms with Crippen LogP contribution in [0, 0.1) is 5.82 Å². The highest BCUT2D eigenvalue weighted by atomic mass is 32.2. The number of thioether (sulfide) groups is 1. The molecule has 3 aromatic carbocycles. The molecule has 2 amide bonds. The molecule has 2 N–H and O–H groups in total. The third-order valence-corrected chi connectivity index (χ3v) is 5.59. The Morgan fingerprint density at radius 1 is 0.871 bits per heavy atom. The summed E-state index contributed by atoms with van der Waals surface area (Å²) < 4.78 is 13.1. The lowest BCUT2D eigenvalue weighted by molar-refractivity contribution is -0.113. The summed E-state index contributed by atoms with van der Waals surface area (Å²) in [4.78, 5) is 30.5. The molecule has 5 nitrogen and oxygen atoms in total. The predicted molar refractivity (Wildman–Crippen MR) is 122 cm³/mol. The number of rotatable bonds is 6. The Hall–Kier alpha value is -3.71. The van der Waals surface area contributed by atoms with Gasteiger partial charge in [0.25, 0.3) is 5.91 Å². The molecule has 0 aliphatic carbocycles. The van der Waals surface area contributed by atoms with Crippen LogP contribution in [-0.2, 0) is 4.79 Å². The van der Waals surface area contributed by atoms with Gasteiger partial charge in [-0.2, -0.15) is 0 Å². The van der Waals surface area contributed by atoms with Gasteiger partial charge in [-0.05, 0) is 48.5 Å². The van der Waals surface area contributed by atoms with E-state index in [0.29, 0.717) is 16.9 Å². The fourth-order valence-electron chi connectivity index (χ4n) is 3.05. The van der Waals surface area contributed by atoms with E-state index in [2.05, 4.69) is 15.6 Å². The van der Waals surface area contributed by atoms with Crippen LogP contribution in [0.15, 0.2) is 90.0 Å². The van der Waals surface area contributed by atoms with Crippen LogP contribution >= 0.6 is 11.8 Å². The van der Waals surface area contributed by atoms with Crippen LogP contribution in [0.2, 0.25) is 0 Å². The third kappa shape index (κ3) is 5.07. The number of benzene rings is 3. The second kappa shape index (κ2) is 9.40. The summed E-state index contributed by atoms with van der Waals surface area (Å²) >= 11 is 1.41. The first kappa shape index (κ1) is 20.6. The van der Waals surface area contributed by atoms with Crippen LogP contribution in [0.4, 0.5) is 15.8 Å². The van der Waals surface area contributed by atoms with E-state index in [4.69, 9.17) is 0 Å². The summed E-state index contributed by atoms with van der Waals surface area (Å²) in [5, 5.41) is 6.50. The number of halogens is 1. The summed E-state index contributed by atoms with van der Waals surface area (Å²) in [7, 11) is 0. The molecular weight excluding hydrogens is 413 g/mol. The molecule has 1 heterocycles. The molecule has 0 atom stereocenters. The Labute approximate surface area is 182 Å². The summed E-state index contributed by atoms with van der Waals surface area (Å²) in [6.45, 7) is 0. The Kier molecular flexibility index (Phi) is 6.24. The van der Waals surface area contributed by atoms with Crippen molar-refractivity contribution in [1.82, 2.24) is 4.98 Å². The van der Waals surface area contributed by atoms with E-state index < -0.39 is 5.91 Å². The number of nitrogens with one attached hydrogen (secondary N) is 2. The van der Waals surface area contributed by atoms with Gasteiger partial charge in [-0.3, -0.25) is 14.6 Å². The second-order valence-corrected chi connectivity index (χ2v) is 7.69. The molecule has 31 heavy (non-hydrogen) atoms. The van der Waals surface area contributed by atoms with Crippen molar-refractivity contribution in [2.45, 2.75) is 4.90 Å². The molecule has 0 saturated heterocycles. The molecule has 0 spiro atoms. The quantitative estimate of drug-likeness (QED) is 0.403. The normalized spacial score (nSPS) is 10.6. The standard InChI is InChI=1S/C24H18FN3O2S/c25-16-9-11-17(12-10-16)27-24(30)19-6-2-4-8-21(19)28-23(29)15-31-22-13-14-26-20-7-3-1-5-18(20)22/h1-14H,15H2,(H,27,30)(H,28,29). The Balaban J connectivity index is 1.43. The number of hydrogen-bond acceptors (Lipinski definition) is 4. The first-order chi connectivity index (χ1) is 15.1. The van der Waals surface area contributed by atoms with Crippen molar-refractivity contribution in [3.05, 3.63) is 96.4 Å². The summed E-state index contributed by atoms with van der Waals surface area (Å²) in [5.41, 5.74) is 2.07. The van der Waals surface area contributed by atoms with Crippen molar-refractivity contribution in [3.8, 4) is 0 Å². The van der Waals surface area contributed by atoms with E-state index in [1.54, 1.807) is 30.5 Å². The number of pyridine rings is 1. The van der Waals surface area contributed by atoms with E-state index in [9.17, 15) is 14.0 Å². The molecule has 0 bridgehead atoms. The van der Waals surface area contributed by atoms with Crippen molar-refractivity contribution >= 4 is 45.9 Å². The topological polar surface area (TPSA) is 71.1 Å². The maximum atomic E-state index is 13.1. The van der Waals surface area contributed by atoms with E-state index in [-0.39, 0.29) is 17.5 Å². The Morgan fingerprint density at radius 2 is 1.61 bits per heavy atom. The van der Waals surface area contributed by atoms with Crippen molar-refractivity contribution in [1.29, 1.82) is 0 Å². The smallest absolute Gasteiger partial charge is 0.257 e. The van der Waals surface area contributed by atoms with Crippen molar-refractivity contribution in [2.75, 3.05) is 16.4 Å². The minimum Gasteiger partial charge on any atom is -0.325 e. The summed E-state index contributed by atoms with van der Waals surface area (Å²) in [6.07, 6.45) is 1.72. The van der Waals surface area contributed by atoms with E-state index in [1.807, 2.05) is 30.3 Å². The van der Waals surface area contributed by atoms with Gasteiger partial charge in [0.05, 0.1) is 22.5 Å². The highest BCUT2D eigenvalue weighted by molar-refractivity contribution is 8.00. The maximum Gasteiger partial charge on any atom is 0.257 e. The lowest BCUT2D eigenvalue weighted by Gasteiger charge is -2.12. The number of para-hydroxylation sites is 2. The van der Waals surface area contributed by atoms with Gasteiger partial charge in [-0.15, -0.1) is 11.8 Å². The Bertz CT molecular complexity index is 1240. The monoisotopic (exact) mass is 431 g/mol. The van der Waals surface area contributed by atoms with Gasteiger partial charge in [-0.1, -0.05) is 30.3 Å². The van der Waals surface area contributed by atoms with Crippen molar-refractivity contribution in [2.24, 2.45) is 0 Å². The van der Waals surface area contributed by atoms with Crippen LogP contribution in [0.1, 0.15) is 10.4 Å². The van der Waals surface area contributed by atoms with Crippen LogP contribution in [0.3, 0.4) is 0 Å². The molecule has 7 heteroatoms. The van der Waals surface area contributed by atoms with Crippen LogP contribution in [-0.4, -0.2) is 22.6 Å². The van der Waals surface area contributed by atoms with E-state index in [0.717, 1.165) is 15.8 Å². The van der Waals surface area contributed by atoms with Gasteiger partial charge < -0.3 is 10.6 Å². The lowest BCUT2D eigenvalue weighted by Crippen LogP contribution is -2.19. The molecule has 0 saturated carbocycles. The number of hydrogen-bond donors (Lipinski definition) is 2. The molecular formula is C24H18FN3O2S. The molecule has 0 fully saturated rings. The molecule has 0 aliphatic heterocycles. The number of anilines is 2. The highest BCUT2D eigenvalue weighted by Gasteiger charge is 2.14. The maximum absolute atomic E-state index is 13.1. The average molecular weight is 431 g/mol. The minimum atomic E-state index is -0.393. The molecule has 0 unspecified atom stereocenters.